The number of fused-ring (bicyclic) bond motifs is 1. The molecule has 0 aliphatic heterocycles. The Morgan fingerprint density at radius 3 is 2.48 bits per heavy atom. The van der Waals surface area contributed by atoms with E-state index < -0.39 is 11.6 Å². The van der Waals surface area contributed by atoms with Gasteiger partial charge in [0.25, 0.3) is 0 Å². The van der Waals surface area contributed by atoms with Gasteiger partial charge in [-0.25, -0.2) is 0 Å². The summed E-state index contributed by atoms with van der Waals surface area (Å²) >= 11 is 0. The maximum absolute atomic E-state index is 13.4. The number of aromatic nitrogens is 1. The maximum atomic E-state index is 13.4. The lowest BCUT2D eigenvalue weighted by atomic mass is 9.94. The zero-order valence-electron chi connectivity index (χ0n) is 24.6. The molecule has 8 nitrogen and oxygen atoms in total. The van der Waals surface area contributed by atoms with E-state index in [9.17, 15) is 9.90 Å². The Labute approximate surface area is 245 Å². The highest BCUT2D eigenvalue weighted by molar-refractivity contribution is 5.83. The van der Waals surface area contributed by atoms with Gasteiger partial charge in [0.15, 0.2) is 0 Å². The van der Waals surface area contributed by atoms with Gasteiger partial charge >= 0.3 is 0 Å². The van der Waals surface area contributed by atoms with Gasteiger partial charge in [-0.3, -0.25) is 4.79 Å². The second-order valence-electron chi connectivity index (χ2n) is 11.6. The second kappa shape index (κ2) is 11.8. The van der Waals surface area contributed by atoms with Gasteiger partial charge in [0.2, 0.25) is 5.91 Å². The fourth-order valence-corrected chi connectivity index (χ4v) is 5.17. The third-order valence-corrected chi connectivity index (χ3v) is 7.20. The maximum Gasteiger partial charge on any atom is 0.225 e. The number of benzene rings is 3. The Bertz CT molecular complexity index is 1680. The van der Waals surface area contributed by atoms with E-state index in [0.29, 0.717) is 23.7 Å². The number of nitrogens with two attached hydrogens (primary N) is 1. The lowest BCUT2D eigenvalue weighted by molar-refractivity contribution is -0.120. The highest BCUT2D eigenvalue weighted by Gasteiger charge is 2.28. The molecule has 0 spiro atoms. The molecule has 8 heteroatoms. The summed E-state index contributed by atoms with van der Waals surface area (Å²) in [6.45, 7) is 9.75. The van der Waals surface area contributed by atoms with Crippen molar-refractivity contribution in [1.82, 2.24) is 10.5 Å². The van der Waals surface area contributed by atoms with Crippen LogP contribution in [0.25, 0.3) is 11.0 Å². The standard InChI is InChI=1S/C34H37N3O5/c1-20-15-26(38)13-14-27(20)32(24-9-7-6-8-10-24)36-30(39)17-23-11-12-25-18-29(41-28(25)16-23)33(40-19-34(4,5)35)31-21(2)37-42-22(31)3/h6-16,18,32-33,38H,17,19,35H2,1-5H3,(H,36,39). The van der Waals surface area contributed by atoms with E-state index in [1.807, 2.05) is 95.3 Å². The number of hydrogen-bond donors (Lipinski definition) is 3. The highest BCUT2D eigenvalue weighted by Crippen LogP contribution is 2.35. The quantitative estimate of drug-likeness (QED) is 0.180. The number of furan rings is 1. The van der Waals surface area contributed by atoms with Crippen molar-refractivity contribution in [2.45, 2.75) is 58.7 Å². The van der Waals surface area contributed by atoms with Crippen molar-refractivity contribution in [2.75, 3.05) is 6.61 Å². The molecule has 1 amide bonds. The molecule has 218 valence electrons. The van der Waals surface area contributed by atoms with Crippen molar-refractivity contribution in [3.63, 3.8) is 0 Å². The summed E-state index contributed by atoms with van der Waals surface area (Å²) in [5.74, 6) is 1.32. The van der Waals surface area contributed by atoms with E-state index in [0.717, 1.165) is 38.9 Å². The SMILES string of the molecule is Cc1cc(O)ccc1C(NC(=O)Cc1ccc2cc(C(OCC(C)(C)N)c3c(C)noc3C)oc2c1)c1ccccc1. The predicted molar refractivity (Wildman–Crippen MR) is 161 cm³/mol. The largest absolute Gasteiger partial charge is 0.508 e. The van der Waals surface area contributed by atoms with Gasteiger partial charge in [0.05, 0.1) is 30.3 Å². The smallest absolute Gasteiger partial charge is 0.225 e. The summed E-state index contributed by atoms with van der Waals surface area (Å²) in [5, 5.41) is 18.1. The molecule has 2 aromatic heterocycles. The number of aromatic hydroxyl groups is 1. The molecule has 3 aromatic carbocycles. The zero-order valence-corrected chi connectivity index (χ0v) is 24.6. The van der Waals surface area contributed by atoms with E-state index in [1.54, 1.807) is 12.1 Å². The third kappa shape index (κ3) is 6.56. The minimum atomic E-state index is -0.543. The van der Waals surface area contributed by atoms with E-state index in [-0.39, 0.29) is 24.1 Å². The molecule has 0 bridgehead atoms. The van der Waals surface area contributed by atoms with Gasteiger partial charge in [-0.1, -0.05) is 53.7 Å². The molecule has 2 atom stereocenters. The van der Waals surface area contributed by atoms with Crippen LogP contribution in [0.4, 0.5) is 0 Å². The van der Waals surface area contributed by atoms with Crippen molar-refractivity contribution < 1.29 is 23.6 Å². The molecule has 0 radical (unpaired) electrons. The Morgan fingerprint density at radius 1 is 1.05 bits per heavy atom. The molecule has 0 saturated carbocycles. The van der Waals surface area contributed by atoms with Gasteiger partial charge in [-0.2, -0.15) is 0 Å². The minimum Gasteiger partial charge on any atom is -0.508 e. The van der Waals surface area contributed by atoms with Gasteiger partial charge in [-0.05, 0) is 81.1 Å². The first-order valence-corrected chi connectivity index (χ1v) is 14.0. The number of phenols is 1. The molecule has 2 unspecified atom stereocenters. The fraction of sp³-hybridized carbons (Fsp3) is 0.294. The number of nitrogens with zero attached hydrogens (tertiary/aromatic N) is 1. The first kappa shape index (κ1) is 29.1. The number of carbonyl (C=O) groups is 1. The average Bonchev–Trinajstić information content (AvgIpc) is 3.50. The van der Waals surface area contributed by atoms with E-state index >= 15 is 0 Å². The molecule has 42 heavy (non-hydrogen) atoms. The summed E-state index contributed by atoms with van der Waals surface area (Å²) in [6, 6.07) is 22.3. The summed E-state index contributed by atoms with van der Waals surface area (Å²) in [5.41, 5.74) is 11.4. The van der Waals surface area contributed by atoms with Crippen LogP contribution in [0.5, 0.6) is 5.75 Å². The van der Waals surface area contributed by atoms with E-state index in [2.05, 4.69) is 10.5 Å². The Hall–Kier alpha value is -4.40. The molecule has 2 heterocycles. The Kier molecular flexibility index (Phi) is 8.20. The summed E-state index contributed by atoms with van der Waals surface area (Å²) in [6.07, 6.45) is -0.379. The predicted octanol–water partition coefficient (Wildman–Crippen LogP) is 6.34. The van der Waals surface area contributed by atoms with Crippen LogP contribution in [0.2, 0.25) is 0 Å². The number of carbonyl (C=O) groups excluding carboxylic acids is 1. The van der Waals surface area contributed by atoms with Crippen LogP contribution in [0, 0.1) is 20.8 Å². The van der Waals surface area contributed by atoms with Crippen LogP contribution >= 0.6 is 0 Å². The zero-order chi connectivity index (χ0) is 30.0. The fourth-order valence-electron chi connectivity index (χ4n) is 5.17. The van der Waals surface area contributed by atoms with Gasteiger partial charge in [0.1, 0.15) is 29.0 Å². The molecule has 0 fully saturated rings. The minimum absolute atomic E-state index is 0.135. The van der Waals surface area contributed by atoms with Crippen LogP contribution in [0.15, 0.2) is 81.7 Å². The molecule has 4 N–H and O–H groups in total. The van der Waals surface area contributed by atoms with Crippen LogP contribution in [0.1, 0.15) is 71.0 Å². The number of rotatable bonds is 10. The Balaban J connectivity index is 1.40. The van der Waals surface area contributed by atoms with Crippen molar-refractivity contribution in [1.29, 1.82) is 0 Å². The monoisotopic (exact) mass is 567 g/mol. The first-order chi connectivity index (χ1) is 20.0. The molecule has 5 aromatic rings. The van der Waals surface area contributed by atoms with Crippen molar-refractivity contribution in [2.24, 2.45) is 5.73 Å². The van der Waals surface area contributed by atoms with Gasteiger partial charge in [0, 0.05) is 10.9 Å². The first-order valence-electron chi connectivity index (χ1n) is 14.0. The number of aryl methyl sites for hydroxylation is 3. The van der Waals surface area contributed by atoms with Crippen molar-refractivity contribution in [3.05, 3.63) is 118 Å². The van der Waals surface area contributed by atoms with Crippen LogP contribution in [-0.2, 0) is 16.0 Å². The Morgan fingerprint density at radius 2 is 1.81 bits per heavy atom. The van der Waals surface area contributed by atoms with Crippen molar-refractivity contribution in [3.8, 4) is 5.75 Å². The second-order valence-corrected chi connectivity index (χ2v) is 11.6. The molecule has 0 aliphatic carbocycles. The average molecular weight is 568 g/mol. The number of nitrogens with one attached hydrogen (secondary N) is 1. The molecule has 0 saturated heterocycles. The van der Waals surface area contributed by atoms with Crippen LogP contribution in [0.3, 0.4) is 0 Å². The molecular formula is C34H37N3O5. The van der Waals surface area contributed by atoms with E-state index in [1.165, 1.54) is 0 Å². The van der Waals surface area contributed by atoms with Gasteiger partial charge in [-0.15, -0.1) is 0 Å². The summed E-state index contributed by atoms with van der Waals surface area (Å²) < 4.78 is 18.0. The van der Waals surface area contributed by atoms with Crippen LogP contribution in [-0.4, -0.2) is 28.3 Å². The lowest BCUT2D eigenvalue weighted by Gasteiger charge is -2.23. The molecule has 5 rings (SSSR count). The molecule has 0 aliphatic rings. The lowest BCUT2D eigenvalue weighted by Crippen LogP contribution is -2.38. The molecular weight excluding hydrogens is 530 g/mol. The third-order valence-electron chi connectivity index (χ3n) is 7.20. The normalized spacial score (nSPS) is 13.3. The number of amides is 1. The van der Waals surface area contributed by atoms with E-state index in [4.69, 9.17) is 19.4 Å². The summed E-state index contributed by atoms with van der Waals surface area (Å²) in [4.78, 5) is 13.4. The summed E-state index contributed by atoms with van der Waals surface area (Å²) in [7, 11) is 0. The van der Waals surface area contributed by atoms with Gasteiger partial charge < -0.3 is 29.8 Å². The number of hydrogen-bond acceptors (Lipinski definition) is 7. The number of phenolic OH excluding ortho intramolecular Hbond substituents is 1. The number of ether oxygens (including phenoxy) is 1. The topological polar surface area (TPSA) is 124 Å². The highest BCUT2D eigenvalue weighted by atomic mass is 16.5. The van der Waals surface area contributed by atoms with Crippen LogP contribution < -0.4 is 11.1 Å². The van der Waals surface area contributed by atoms with Crippen molar-refractivity contribution >= 4 is 16.9 Å².